The number of aromatic nitrogens is 7. The molecule has 1 aromatic carbocycles. The highest BCUT2D eigenvalue weighted by molar-refractivity contribution is 5.99. The number of nitrogens with one attached hydrogen (secondary N) is 2. The van der Waals surface area contributed by atoms with E-state index in [0.717, 1.165) is 29.9 Å². The number of urea groups is 1. The molecule has 1 aliphatic rings. The molecule has 150 valence electrons. The predicted molar refractivity (Wildman–Crippen MR) is 110 cm³/mol. The summed E-state index contributed by atoms with van der Waals surface area (Å²) in [5.41, 5.74) is 3.07. The average Bonchev–Trinajstić information content (AvgIpc) is 3.32. The Hall–Kier alpha value is -4.08. The Balaban J connectivity index is 1.19. The molecule has 3 heterocycles. The third kappa shape index (κ3) is 4.02. The van der Waals surface area contributed by atoms with Gasteiger partial charge < -0.3 is 10.6 Å². The number of carbonyl (C=O) groups excluding carboxylic acids is 1. The van der Waals surface area contributed by atoms with Crippen molar-refractivity contribution in [1.29, 1.82) is 0 Å². The van der Waals surface area contributed by atoms with Crippen LogP contribution < -0.4 is 10.6 Å². The smallest absolute Gasteiger partial charge is 0.308 e. The van der Waals surface area contributed by atoms with Gasteiger partial charge in [0.2, 0.25) is 0 Å². The number of hydrogen-bond donors (Lipinski definition) is 2. The van der Waals surface area contributed by atoms with Crippen molar-refractivity contribution in [1.82, 2.24) is 35.0 Å². The molecule has 1 fully saturated rings. The lowest BCUT2D eigenvalue weighted by atomic mass is 10.2. The minimum atomic E-state index is -0.344. The summed E-state index contributed by atoms with van der Waals surface area (Å²) in [6, 6.07) is 13.2. The number of tetrazole rings is 1. The topological polar surface area (TPSA) is 115 Å². The molecule has 10 nitrogen and oxygen atoms in total. The van der Waals surface area contributed by atoms with Gasteiger partial charge in [0.05, 0.1) is 30.2 Å². The quantitative estimate of drug-likeness (QED) is 0.513. The molecule has 2 N–H and O–H groups in total. The fourth-order valence-electron chi connectivity index (χ4n) is 3.12. The minimum Gasteiger partial charge on any atom is -0.308 e. The van der Waals surface area contributed by atoms with E-state index in [1.54, 1.807) is 23.3 Å². The largest absolute Gasteiger partial charge is 0.323 e. The molecule has 1 saturated carbocycles. The summed E-state index contributed by atoms with van der Waals surface area (Å²) in [7, 11) is 0. The van der Waals surface area contributed by atoms with Gasteiger partial charge in [0.15, 0.2) is 5.82 Å². The van der Waals surface area contributed by atoms with Crippen molar-refractivity contribution in [2.45, 2.75) is 25.4 Å². The molecule has 0 radical (unpaired) electrons. The highest BCUT2D eigenvalue weighted by Gasteiger charge is 2.28. The summed E-state index contributed by atoms with van der Waals surface area (Å²) >= 11 is 0. The van der Waals surface area contributed by atoms with Crippen molar-refractivity contribution in [2.24, 2.45) is 0 Å². The molecule has 1 aliphatic carbocycles. The number of amides is 2. The molecular weight excluding hydrogens is 382 g/mol. The van der Waals surface area contributed by atoms with Gasteiger partial charge in [0.1, 0.15) is 0 Å². The summed E-state index contributed by atoms with van der Waals surface area (Å²) < 4.78 is 3.58. The lowest BCUT2D eigenvalue weighted by Crippen LogP contribution is -2.19. The predicted octanol–water partition coefficient (Wildman–Crippen LogP) is 2.96. The normalized spacial score (nSPS) is 13.2. The van der Waals surface area contributed by atoms with E-state index in [9.17, 15) is 4.79 Å². The molecule has 4 aromatic rings. The van der Waals surface area contributed by atoms with E-state index >= 15 is 0 Å². The zero-order chi connectivity index (χ0) is 20.3. The Labute approximate surface area is 171 Å². The van der Waals surface area contributed by atoms with Crippen molar-refractivity contribution >= 4 is 17.4 Å². The molecule has 2 amide bonds. The van der Waals surface area contributed by atoms with E-state index in [2.05, 4.69) is 36.2 Å². The van der Waals surface area contributed by atoms with Gasteiger partial charge in [-0.15, -0.1) is 5.10 Å². The summed E-state index contributed by atoms with van der Waals surface area (Å²) in [6.45, 7) is 0.534. The average molecular weight is 401 g/mol. The van der Waals surface area contributed by atoms with Crippen LogP contribution in [0.2, 0.25) is 0 Å². The van der Waals surface area contributed by atoms with Crippen LogP contribution in [-0.2, 0) is 6.54 Å². The van der Waals surface area contributed by atoms with Crippen LogP contribution in [0.25, 0.3) is 11.4 Å². The van der Waals surface area contributed by atoms with Gasteiger partial charge in [-0.25, -0.2) is 9.48 Å². The number of pyridine rings is 1. The molecule has 0 saturated heterocycles. The first kappa shape index (κ1) is 18.0. The van der Waals surface area contributed by atoms with Crippen LogP contribution in [0.15, 0.2) is 61.1 Å². The highest BCUT2D eigenvalue weighted by atomic mass is 16.2. The number of rotatable bonds is 6. The number of benzene rings is 1. The maximum absolute atomic E-state index is 12.3. The lowest BCUT2D eigenvalue weighted by molar-refractivity contribution is 0.262. The third-order valence-electron chi connectivity index (χ3n) is 4.73. The lowest BCUT2D eigenvalue weighted by Gasteiger charge is -2.07. The van der Waals surface area contributed by atoms with Crippen molar-refractivity contribution in [3.8, 4) is 11.4 Å². The Morgan fingerprint density at radius 2 is 1.90 bits per heavy atom. The van der Waals surface area contributed by atoms with E-state index in [-0.39, 0.29) is 6.03 Å². The Morgan fingerprint density at radius 3 is 2.67 bits per heavy atom. The fraction of sp³-hybridized carbons (Fsp3) is 0.200. The Bertz CT molecular complexity index is 1150. The van der Waals surface area contributed by atoms with Crippen LogP contribution in [-0.4, -0.2) is 41.0 Å². The maximum atomic E-state index is 12.3. The molecule has 0 atom stereocenters. The number of anilines is 2. The zero-order valence-corrected chi connectivity index (χ0v) is 16.0. The SMILES string of the molecule is O=C(Nc1ccc(-c2nnnn2C2CC2)cc1)Nc1cnn(Cc2ccccn2)c1. The molecule has 0 spiro atoms. The van der Waals surface area contributed by atoms with E-state index in [1.807, 2.05) is 47.1 Å². The first-order valence-electron chi connectivity index (χ1n) is 9.63. The molecule has 0 bridgehead atoms. The van der Waals surface area contributed by atoms with Crippen LogP contribution in [0.4, 0.5) is 16.2 Å². The van der Waals surface area contributed by atoms with Crippen LogP contribution in [0, 0.1) is 0 Å². The van der Waals surface area contributed by atoms with Gasteiger partial charge in [-0.3, -0.25) is 9.67 Å². The van der Waals surface area contributed by atoms with Crippen molar-refractivity contribution in [3.63, 3.8) is 0 Å². The van der Waals surface area contributed by atoms with E-state index in [4.69, 9.17) is 0 Å². The molecule has 0 unspecified atom stereocenters. The van der Waals surface area contributed by atoms with Gasteiger partial charge in [-0.1, -0.05) is 6.07 Å². The number of hydrogen-bond acceptors (Lipinski definition) is 6. The molecule has 5 rings (SSSR count). The monoisotopic (exact) mass is 401 g/mol. The fourth-order valence-corrected chi connectivity index (χ4v) is 3.12. The van der Waals surface area contributed by atoms with E-state index < -0.39 is 0 Å². The highest BCUT2D eigenvalue weighted by Crippen LogP contribution is 2.36. The van der Waals surface area contributed by atoms with Gasteiger partial charge in [-0.2, -0.15) is 5.10 Å². The second-order valence-electron chi connectivity index (χ2n) is 7.08. The first-order chi connectivity index (χ1) is 14.7. The van der Waals surface area contributed by atoms with Gasteiger partial charge >= 0.3 is 6.03 Å². The zero-order valence-electron chi connectivity index (χ0n) is 16.0. The Morgan fingerprint density at radius 1 is 1.07 bits per heavy atom. The van der Waals surface area contributed by atoms with Gasteiger partial charge in [0, 0.05) is 23.6 Å². The van der Waals surface area contributed by atoms with Gasteiger partial charge in [-0.05, 0) is 59.7 Å². The van der Waals surface area contributed by atoms with E-state index in [0.29, 0.717) is 24.0 Å². The third-order valence-corrected chi connectivity index (χ3v) is 4.73. The molecule has 10 heteroatoms. The van der Waals surface area contributed by atoms with Crippen molar-refractivity contribution in [2.75, 3.05) is 10.6 Å². The summed E-state index contributed by atoms with van der Waals surface area (Å²) in [5.74, 6) is 0.744. The van der Waals surface area contributed by atoms with Crippen LogP contribution in [0.5, 0.6) is 0 Å². The summed E-state index contributed by atoms with van der Waals surface area (Å²) in [4.78, 5) is 16.6. The van der Waals surface area contributed by atoms with Gasteiger partial charge in [0.25, 0.3) is 0 Å². The molecule has 30 heavy (non-hydrogen) atoms. The van der Waals surface area contributed by atoms with Crippen LogP contribution in [0.1, 0.15) is 24.6 Å². The Kier molecular flexibility index (Phi) is 4.64. The molecule has 3 aromatic heterocycles. The van der Waals surface area contributed by atoms with Crippen LogP contribution in [0.3, 0.4) is 0 Å². The molecule has 0 aliphatic heterocycles. The number of nitrogens with zero attached hydrogens (tertiary/aromatic N) is 7. The second kappa shape index (κ2) is 7.74. The molecular formula is C20H19N9O. The van der Waals surface area contributed by atoms with Crippen molar-refractivity contribution < 1.29 is 4.79 Å². The second-order valence-corrected chi connectivity index (χ2v) is 7.08. The summed E-state index contributed by atoms with van der Waals surface area (Å²) in [5, 5.41) is 21.8. The van der Waals surface area contributed by atoms with E-state index in [1.165, 1.54) is 0 Å². The number of carbonyl (C=O) groups is 1. The first-order valence-corrected chi connectivity index (χ1v) is 9.63. The minimum absolute atomic E-state index is 0.344. The van der Waals surface area contributed by atoms with Crippen LogP contribution >= 0.6 is 0 Å². The van der Waals surface area contributed by atoms with Crippen molar-refractivity contribution in [3.05, 3.63) is 66.7 Å². The standard InChI is InChI=1S/C20H19N9O/c30-20(24-17-11-22-28(13-17)12-16-3-1-2-10-21-16)23-15-6-4-14(5-7-15)19-25-26-27-29(19)18-8-9-18/h1-7,10-11,13,18H,8-9,12H2,(H2,23,24,30). The maximum Gasteiger partial charge on any atom is 0.323 e. The summed E-state index contributed by atoms with van der Waals surface area (Å²) in [6.07, 6.45) is 7.31.